The molecule has 7 heteroatoms. The van der Waals surface area contributed by atoms with E-state index < -0.39 is 11.8 Å². The van der Waals surface area contributed by atoms with Crippen molar-refractivity contribution in [2.45, 2.75) is 38.1 Å². The van der Waals surface area contributed by atoms with Gasteiger partial charge < -0.3 is 14.7 Å². The SMILES string of the molecule is O=C(ONC1CCCC1)C1=CN(C(=O)c2ccc(F)cc2)CCc2c1[nH]c1ccccc21. The van der Waals surface area contributed by atoms with Crippen molar-refractivity contribution in [3.05, 3.63) is 77.4 Å². The van der Waals surface area contributed by atoms with Crippen LogP contribution in [0.3, 0.4) is 0 Å². The molecule has 5 rings (SSSR count). The number of fused-ring (bicyclic) bond motifs is 3. The molecule has 32 heavy (non-hydrogen) atoms. The highest BCUT2D eigenvalue weighted by Crippen LogP contribution is 2.32. The lowest BCUT2D eigenvalue weighted by Gasteiger charge is -2.18. The van der Waals surface area contributed by atoms with E-state index in [9.17, 15) is 14.0 Å². The maximum Gasteiger partial charge on any atom is 0.360 e. The largest absolute Gasteiger partial charge is 0.366 e. The van der Waals surface area contributed by atoms with Crippen LogP contribution >= 0.6 is 0 Å². The van der Waals surface area contributed by atoms with Gasteiger partial charge in [0.2, 0.25) is 0 Å². The summed E-state index contributed by atoms with van der Waals surface area (Å²) in [5, 5.41) is 1.01. The summed E-state index contributed by atoms with van der Waals surface area (Å²) in [6.07, 6.45) is 6.29. The number of rotatable bonds is 4. The molecule has 0 saturated heterocycles. The highest BCUT2D eigenvalue weighted by molar-refractivity contribution is 6.18. The van der Waals surface area contributed by atoms with Gasteiger partial charge >= 0.3 is 5.97 Å². The van der Waals surface area contributed by atoms with Gasteiger partial charge in [-0.2, -0.15) is 0 Å². The topological polar surface area (TPSA) is 74.4 Å². The second-order valence-electron chi connectivity index (χ2n) is 8.31. The lowest BCUT2D eigenvalue weighted by Crippen LogP contribution is -2.31. The number of benzene rings is 2. The van der Waals surface area contributed by atoms with Crippen molar-refractivity contribution in [3.8, 4) is 0 Å². The number of nitrogens with one attached hydrogen (secondary N) is 2. The smallest absolute Gasteiger partial charge is 0.360 e. The summed E-state index contributed by atoms with van der Waals surface area (Å²) in [5.74, 6) is -1.24. The molecule has 0 bridgehead atoms. The molecular weight excluding hydrogens is 409 g/mol. The van der Waals surface area contributed by atoms with Crippen LogP contribution in [-0.4, -0.2) is 34.3 Å². The van der Waals surface area contributed by atoms with Crippen molar-refractivity contribution in [1.82, 2.24) is 15.4 Å². The normalized spacial score (nSPS) is 16.5. The van der Waals surface area contributed by atoms with Gasteiger partial charge in [0, 0.05) is 35.3 Å². The van der Waals surface area contributed by atoms with Crippen LogP contribution in [0.4, 0.5) is 4.39 Å². The minimum atomic E-state index is -0.538. The van der Waals surface area contributed by atoms with Crippen molar-refractivity contribution in [2.75, 3.05) is 6.54 Å². The quantitative estimate of drug-likeness (QED) is 0.601. The van der Waals surface area contributed by atoms with Crippen LogP contribution in [-0.2, 0) is 16.1 Å². The second kappa shape index (κ2) is 8.59. The maximum absolute atomic E-state index is 13.3. The Kier molecular flexibility index (Phi) is 5.49. The molecule has 6 nitrogen and oxygen atoms in total. The molecule has 0 radical (unpaired) electrons. The Morgan fingerprint density at radius 1 is 1.06 bits per heavy atom. The third kappa shape index (κ3) is 3.91. The summed E-state index contributed by atoms with van der Waals surface area (Å²) in [4.78, 5) is 36.6. The molecule has 3 aromatic rings. The van der Waals surface area contributed by atoms with Gasteiger partial charge in [0.25, 0.3) is 5.91 Å². The van der Waals surface area contributed by atoms with E-state index in [4.69, 9.17) is 4.84 Å². The lowest BCUT2D eigenvalue weighted by atomic mass is 10.0. The molecule has 1 amide bonds. The summed E-state index contributed by atoms with van der Waals surface area (Å²) in [5.41, 5.74) is 6.11. The number of aromatic amines is 1. The Balaban J connectivity index is 1.50. The summed E-state index contributed by atoms with van der Waals surface area (Å²) >= 11 is 0. The molecule has 1 aliphatic heterocycles. The Morgan fingerprint density at radius 2 is 1.81 bits per heavy atom. The van der Waals surface area contributed by atoms with Crippen molar-refractivity contribution in [3.63, 3.8) is 0 Å². The molecule has 0 atom stereocenters. The molecule has 2 aromatic carbocycles. The van der Waals surface area contributed by atoms with Gasteiger partial charge in [0.1, 0.15) is 11.4 Å². The molecule has 2 heterocycles. The van der Waals surface area contributed by atoms with Crippen molar-refractivity contribution >= 4 is 28.4 Å². The zero-order chi connectivity index (χ0) is 22.1. The summed E-state index contributed by atoms with van der Waals surface area (Å²) in [7, 11) is 0. The fourth-order valence-corrected chi connectivity index (χ4v) is 4.52. The molecule has 164 valence electrons. The van der Waals surface area contributed by atoms with Crippen LogP contribution < -0.4 is 5.48 Å². The number of para-hydroxylation sites is 1. The zero-order valence-corrected chi connectivity index (χ0v) is 17.6. The standard InChI is InChI=1S/C25H24FN3O3/c26-17-11-9-16(10-12-17)24(30)29-14-13-20-19-7-3-4-8-22(19)27-23(20)21(15-29)25(31)32-28-18-5-1-2-6-18/h3-4,7-12,15,18,27-28H,1-2,5-6,13-14H2. The number of hydrogen-bond donors (Lipinski definition) is 2. The minimum Gasteiger partial charge on any atom is -0.366 e. The van der Waals surface area contributed by atoms with Gasteiger partial charge in [0.05, 0.1) is 5.69 Å². The molecule has 1 aliphatic carbocycles. The molecule has 0 spiro atoms. The van der Waals surface area contributed by atoms with Gasteiger partial charge in [-0.05, 0) is 55.2 Å². The van der Waals surface area contributed by atoms with Crippen LogP contribution in [0.1, 0.15) is 47.3 Å². The van der Waals surface area contributed by atoms with Crippen molar-refractivity contribution in [1.29, 1.82) is 0 Å². The summed E-state index contributed by atoms with van der Waals surface area (Å²) in [6, 6.07) is 13.4. The minimum absolute atomic E-state index is 0.157. The number of aromatic nitrogens is 1. The highest BCUT2D eigenvalue weighted by Gasteiger charge is 2.28. The number of carbonyl (C=O) groups is 2. The number of amides is 1. The van der Waals surface area contributed by atoms with Gasteiger partial charge in [0.15, 0.2) is 0 Å². The van der Waals surface area contributed by atoms with Crippen LogP contribution in [0, 0.1) is 5.82 Å². The monoisotopic (exact) mass is 433 g/mol. The summed E-state index contributed by atoms with van der Waals surface area (Å²) in [6.45, 7) is 0.387. The fraction of sp³-hybridized carbons (Fsp3) is 0.280. The number of hydroxylamine groups is 1. The Bertz CT molecular complexity index is 1190. The second-order valence-corrected chi connectivity index (χ2v) is 8.31. The molecular formula is C25H24FN3O3. The molecule has 1 saturated carbocycles. The third-order valence-corrected chi connectivity index (χ3v) is 6.22. The number of H-pyrrole nitrogens is 1. The zero-order valence-electron chi connectivity index (χ0n) is 17.6. The molecule has 2 N–H and O–H groups in total. The average molecular weight is 433 g/mol. The van der Waals surface area contributed by atoms with Gasteiger partial charge in [-0.25, -0.2) is 9.18 Å². The maximum atomic E-state index is 13.3. The summed E-state index contributed by atoms with van der Waals surface area (Å²) < 4.78 is 13.3. The predicted molar refractivity (Wildman–Crippen MR) is 119 cm³/mol. The van der Waals surface area contributed by atoms with Crippen LogP contribution in [0.5, 0.6) is 0 Å². The molecule has 1 aromatic heterocycles. The molecule has 1 fully saturated rings. The fourth-order valence-electron chi connectivity index (χ4n) is 4.52. The first-order valence-corrected chi connectivity index (χ1v) is 10.9. The Hall–Kier alpha value is -3.45. The molecule has 0 unspecified atom stereocenters. The van der Waals surface area contributed by atoms with E-state index in [1.54, 1.807) is 6.20 Å². The number of carbonyl (C=O) groups excluding carboxylic acids is 2. The van der Waals surface area contributed by atoms with Crippen LogP contribution in [0.25, 0.3) is 16.5 Å². The van der Waals surface area contributed by atoms with Gasteiger partial charge in [-0.1, -0.05) is 31.0 Å². The third-order valence-electron chi connectivity index (χ3n) is 6.22. The van der Waals surface area contributed by atoms with E-state index in [2.05, 4.69) is 10.5 Å². The van der Waals surface area contributed by atoms with E-state index in [1.807, 2.05) is 24.3 Å². The van der Waals surface area contributed by atoms with Gasteiger partial charge in [-0.15, -0.1) is 5.48 Å². The Morgan fingerprint density at radius 3 is 2.59 bits per heavy atom. The predicted octanol–water partition coefficient (Wildman–Crippen LogP) is 4.34. The van der Waals surface area contributed by atoms with E-state index >= 15 is 0 Å². The van der Waals surface area contributed by atoms with E-state index in [0.717, 1.165) is 42.1 Å². The van der Waals surface area contributed by atoms with E-state index in [0.29, 0.717) is 24.2 Å². The lowest BCUT2D eigenvalue weighted by molar-refractivity contribution is -0.145. The number of hydrogen-bond acceptors (Lipinski definition) is 4. The average Bonchev–Trinajstić information content (AvgIpc) is 3.41. The van der Waals surface area contributed by atoms with E-state index in [1.165, 1.54) is 29.2 Å². The first-order valence-electron chi connectivity index (χ1n) is 10.9. The first kappa shape index (κ1) is 20.5. The molecule has 2 aliphatic rings. The number of halogens is 1. The first-order chi connectivity index (χ1) is 15.6. The van der Waals surface area contributed by atoms with Crippen molar-refractivity contribution in [2.24, 2.45) is 0 Å². The Labute approximate surface area is 185 Å². The van der Waals surface area contributed by atoms with Crippen LogP contribution in [0.2, 0.25) is 0 Å². The van der Waals surface area contributed by atoms with Crippen LogP contribution in [0.15, 0.2) is 54.7 Å². The van der Waals surface area contributed by atoms with Crippen molar-refractivity contribution < 1.29 is 18.8 Å². The van der Waals surface area contributed by atoms with E-state index in [-0.39, 0.29) is 17.5 Å². The number of nitrogens with zero attached hydrogens (tertiary/aromatic N) is 1. The highest BCUT2D eigenvalue weighted by atomic mass is 19.1. The van der Waals surface area contributed by atoms with Gasteiger partial charge in [-0.3, -0.25) is 4.79 Å².